The number of carbonyl (C=O) groups excluding carboxylic acids is 1. The van der Waals surface area contributed by atoms with Crippen molar-refractivity contribution < 1.29 is 4.79 Å². The maximum absolute atomic E-state index is 13.0. The predicted molar refractivity (Wildman–Crippen MR) is 104 cm³/mol. The number of aryl methyl sites for hydroxylation is 2. The minimum Gasteiger partial charge on any atom is -0.348 e. The minimum absolute atomic E-state index is 0.0236. The smallest absolute Gasteiger partial charge is 0.263 e. The van der Waals surface area contributed by atoms with E-state index in [4.69, 9.17) is 0 Å². The van der Waals surface area contributed by atoms with Gasteiger partial charge in [0.15, 0.2) is 0 Å². The van der Waals surface area contributed by atoms with Crippen molar-refractivity contribution in [1.29, 1.82) is 0 Å². The molecule has 1 aliphatic rings. The van der Waals surface area contributed by atoms with Crippen molar-refractivity contribution in [2.75, 3.05) is 32.1 Å². The van der Waals surface area contributed by atoms with E-state index in [9.17, 15) is 14.4 Å². The predicted octanol–water partition coefficient (Wildman–Crippen LogP) is 0.781. The molecule has 1 amide bonds. The molecule has 0 bridgehead atoms. The number of nitrogens with zero attached hydrogens (tertiary/aromatic N) is 4. The van der Waals surface area contributed by atoms with Crippen molar-refractivity contribution in [3.05, 3.63) is 55.4 Å². The summed E-state index contributed by atoms with van der Waals surface area (Å²) in [4.78, 5) is 48.1. The molecule has 2 aromatic rings. The maximum Gasteiger partial charge on any atom is 0.263 e. The number of H-pyrrole nitrogens is 1. The number of carbonyl (C=O) groups is 1. The fourth-order valence-electron chi connectivity index (χ4n) is 3.47. The third-order valence-electron chi connectivity index (χ3n) is 5.15. The van der Waals surface area contributed by atoms with E-state index in [2.05, 4.69) is 9.97 Å². The standard InChI is InChI=1S/C19H25N5O3/c1-11-8-12(2)23(5)17(26)16(11)18(27)24-7-6-13(10-24)14-9-15(25)21-19(20-14)22(3)4/h8-9,13H,6-7,10H2,1-5H3,(H,20,21,25)/t13-/m0/s1. The highest BCUT2D eigenvalue weighted by atomic mass is 16.2. The number of rotatable bonds is 3. The molecule has 27 heavy (non-hydrogen) atoms. The van der Waals surface area contributed by atoms with Crippen LogP contribution in [0.3, 0.4) is 0 Å². The van der Waals surface area contributed by atoms with E-state index in [1.807, 2.05) is 27.1 Å². The van der Waals surface area contributed by atoms with E-state index in [1.54, 1.807) is 23.8 Å². The highest BCUT2D eigenvalue weighted by Crippen LogP contribution is 2.27. The molecule has 0 spiro atoms. The summed E-state index contributed by atoms with van der Waals surface area (Å²) in [5, 5.41) is 0. The van der Waals surface area contributed by atoms with Crippen LogP contribution in [0.1, 0.15) is 39.6 Å². The first-order valence-corrected chi connectivity index (χ1v) is 8.94. The summed E-state index contributed by atoms with van der Waals surface area (Å²) in [7, 11) is 5.29. The van der Waals surface area contributed by atoms with E-state index in [0.717, 1.165) is 5.69 Å². The molecule has 3 rings (SSSR count). The van der Waals surface area contributed by atoms with Gasteiger partial charge in [0.25, 0.3) is 17.0 Å². The fourth-order valence-corrected chi connectivity index (χ4v) is 3.47. The molecule has 0 radical (unpaired) electrons. The summed E-state index contributed by atoms with van der Waals surface area (Å²) in [6, 6.07) is 3.34. The number of anilines is 1. The Balaban J connectivity index is 1.87. The van der Waals surface area contributed by atoms with Crippen LogP contribution in [0, 0.1) is 13.8 Å². The second-order valence-electron chi connectivity index (χ2n) is 7.33. The van der Waals surface area contributed by atoms with Gasteiger partial charge in [-0.15, -0.1) is 0 Å². The number of likely N-dealkylation sites (tertiary alicyclic amines) is 1. The molecule has 3 heterocycles. The zero-order chi connectivity index (χ0) is 19.9. The van der Waals surface area contributed by atoms with Crippen LogP contribution in [-0.4, -0.2) is 52.5 Å². The average Bonchev–Trinajstić information content (AvgIpc) is 3.09. The molecular formula is C19H25N5O3. The van der Waals surface area contributed by atoms with Crippen molar-refractivity contribution in [3.63, 3.8) is 0 Å². The van der Waals surface area contributed by atoms with E-state index < -0.39 is 0 Å². The van der Waals surface area contributed by atoms with E-state index >= 15 is 0 Å². The summed E-state index contributed by atoms with van der Waals surface area (Å²) >= 11 is 0. The quantitative estimate of drug-likeness (QED) is 0.861. The first kappa shape index (κ1) is 18.9. The molecule has 8 nitrogen and oxygen atoms in total. The Labute approximate surface area is 157 Å². The van der Waals surface area contributed by atoms with Crippen molar-refractivity contribution in [3.8, 4) is 0 Å². The Morgan fingerprint density at radius 2 is 1.96 bits per heavy atom. The van der Waals surface area contributed by atoms with Crippen LogP contribution in [0.15, 0.2) is 21.7 Å². The number of aromatic amines is 1. The van der Waals surface area contributed by atoms with Gasteiger partial charge in [-0.3, -0.25) is 19.4 Å². The first-order valence-electron chi connectivity index (χ1n) is 8.94. The van der Waals surface area contributed by atoms with Crippen LogP contribution in [0.5, 0.6) is 0 Å². The van der Waals surface area contributed by atoms with Gasteiger partial charge in [0.2, 0.25) is 5.95 Å². The molecule has 144 valence electrons. The molecule has 0 aromatic carbocycles. The van der Waals surface area contributed by atoms with Crippen molar-refractivity contribution >= 4 is 11.9 Å². The zero-order valence-electron chi connectivity index (χ0n) is 16.4. The van der Waals surface area contributed by atoms with Crippen LogP contribution in [0.25, 0.3) is 0 Å². The Morgan fingerprint density at radius 3 is 2.63 bits per heavy atom. The molecule has 8 heteroatoms. The van der Waals surface area contributed by atoms with Gasteiger partial charge in [-0.05, 0) is 31.9 Å². The third-order valence-corrected chi connectivity index (χ3v) is 5.15. The van der Waals surface area contributed by atoms with Crippen molar-refractivity contribution in [2.45, 2.75) is 26.2 Å². The lowest BCUT2D eigenvalue weighted by atomic mass is 10.0. The molecule has 1 N–H and O–H groups in total. The number of nitrogens with one attached hydrogen (secondary N) is 1. The lowest BCUT2D eigenvalue weighted by Gasteiger charge is -2.19. The van der Waals surface area contributed by atoms with Gasteiger partial charge in [-0.25, -0.2) is 4.98 Å². The molecule has 0 saturated carbocycles. The largest absolute Gasteiger partial charge is 0.348 e. The lowest BCUT2D eigenvalue weighted by Crippen LogP contribution is -2.36. The zero-order valence-corrected chi connectivity index (χ0v) is 16.4. The number of aromatic nitrogens is 3. The Bertz CT molecular complexity index is 1010. The second kappa shape index (κ2) is 7.02. The van der Waals surface area contributed by atoms with Crippen molar-refractivity contribution in [2.24, 2.45) is 7.05 Å². The Morgan fingerprint density at radius 1 is 1.26 bits per heavy atom. The van der Waals surface area contributed by atoms with Gasteiger partial charge in [0, 0.05) is 51.9 Å². The summed E-state index contributed by atoms with van der Waals surface area (Å²) in [5.74, 6) is 0.211. The Hall–Kier alpha value is -2.90. The number of hydrogen-bond donors (Lipinski definition) is 1. The molecule has 1 fully saturated rings. The molecule has 1 saturated heterocycles. The number of pyridine rings is 1. The highest BCUT2D eigenvalue weighted by molar-refractivity contribution is 5.95. The van der Waals surface area contributed by atoms with Crippen molar-refractivity contribution in [1.82, 2.24) is 19.4 Å². The number of hydrogen-bond acceptors (Lipinski definition) is 5. The number of amides is 1. The van der Waals surface area contributed by atoms with E-state index in [1.165, 1.54) is 10.6 Å². The third kappa shape index (κ3) is 3.51. The van der Waals surface area contributed by atoms with Gasteiger partial charge >= 0.3 is 0 Å². The molecular weight excluding hydrogens is 346 g/mol. The maximum atomic E-state index is 13.0. The SMILES string of the molecule is Cc1cc(C)n(C)c(=O)c1C(=O)N1CC[C@H](c2cc(=O)[nH]c(N(C)C)n2)C1. The molecule has 0 unspecified atom stereocenters. The summed E-state index contributed by atoms with van der Waals surface area (Å²) in [5.41, 5.74) is 1.91. The second-order valence-corrected chi connectivity index (χ2v) is 7.33. The van der Waals surface area contributed by atoms with Gasteiger partial charge in [0.1, 0.15) is 5.56 Å². The van der Waals surface area contributed by atoms with Crippen LogP contribution < -0.4 is 16.0 Å². The van der Waals surface area contributed by atoms with Crippen LogP contribution in [0.4, 0.5) is 5.95 Å². The first-order chi connectivity index (χ1) is 12.7. The van der Waals surface area contributed by atoms with E-state index in [0.29, 0.717) is 36.7 Å². The van der Waals surface area contributed by atoms with Gasteiger partial charge < -0.3 is 14.4 Å². The topological polar surface area (TPSA) is 91.3 Å². The minimum atomic E-state index is -0.273. The van der Waals surface area contributed by atoms with Gasteiger partial charge in [-0.2, -0.15) is 0 Å². The molecule has 2 aromatic heterocycles. The average molecular weight is 371 g/mol. The Kier molecular flexibility index (Phi) is 4.91. The summed E-state index contributed by atoms with van der Waals surface area (Å²) in [6.07, 6.45) is 0.709. The van der Waals surface area contributed by atoms with E-state index in [-0.39, 0.29) is 28.5 Å². The van der Waals surface area contributed by atoms with Gasteiger partial charge in [-0.1, -0.05) is 0 Å². The normalized spacial score (nSPS) is 16.6. The van der Waals surface area contributed by atoms with Crippen LogP contribution >= 0.6 is 0 Å². The monoisotopic (exact) mass is 371 g/mol. The summed E-state index contributed by atoms with van der Waals surface area (Å²) < 4.78 is 1.50. The molecule has 1 atom stereocenters. The van der Waals surface area contributed by atoms with Crippen LogP contribution in [-0.2, 0) is 7.05 Å². The van der Waals surface area contributed by atoms with Gasteiger partial charge in [0.05, 0.1) is 5.69 Å². The molecule has 1 aliphatic heterocycles. The lowest BCUT2D eigenvalue weighted by molar-refractivity contribution is 0.0787. The molecule has 0 aliphatic carbocycles. The highest BCUT2D eigenvalue weighted by Gasteiger charge is 2.31. The fraction of sp³-hybridized carbons (Fsp3) is 0.474. The summed E-state index contributed by atoms with van der Waals surface area (Å²) in [6.45, 7) is 4.61. The van der Waals surface area contributed by atoms with Crippen LogP contribution in [0.2, 0.25) is 0 Å².